The van der Waals surface area contributed by atoms with E-state index in [4.69, 9.17) is 5.11 Å². The molecule has 2 saturated carbocycles. The van der Waals surface area contributed by atoms with Gasteiger partial charge in [-0.25, -0.2) is 0 Å². The number of hydrogen-bond acceptors (Lipinski definition) is 3. The Hall–Kier alpha value is -0.545. The second kappa shape index (κ2) is 6.07. The Morgan fingerprint density at radius 2 is 1.72 bits per heavy atom. The first-order valence-corrected chi connectivity index (χ1v) is 7.18. The molecule has 0 bridgehead atoms. The molecule has 2 aliphatic rings. The first-order chi connectivity index (χ1) is 8.59. The second-order valence-electron chi connectivity index (χ2n) is 5.99. The maximum absolute atomic E-state index is 11.1. The lowest BCUT2D eigenvalue weighted by atomic mass is 9.54. The van der Waals surface area contributed by atoms with Crippen molar-refractivity contribution in [1.82, 2.24) is 0 Å². The molecule has 102 valence electrons. The van der Waals surface area contributed by atoms with Crippen LogP contribution < -0.4 is 0 Å². The van der Waals surface area contributed by atoms with Crippen LogP contribution in [0.5, 0.6) is 0 Å². The summed E-state index contributed by atoms with van der Waals surface area (Å²) in [5.74, 6) is -0.275. The summed E-state index contributed by atoms with van der Waals surface area (Å²) < 4.78 is 0. The predicted molar refractivity (Wildman–Crippen MR) is 69.0 cm³/mol. The lowest BCUT2D eigenvalue weighted by molar-refractivity contribution is -0.143. The second-order valence-corrected chi connectivity index (χ2v) is 5.99. The van der Waals surface area contributed by atoms with Crippen molar-refractivity contribution in [2.24, 2.45) is 17.8 Å². The molecule has 4 unspecified atom stereocenters. The van der Waals surface area contributed by atoms with Gasteiger partial charge in [0.15, 0.2) is 0 Å². The number of carboxylic acid groups (broad SMARTS) is 1. The average Bonchev–Trinajstić information content (AvgIpc) is 2.39. The van der Waals surface area contributed by atoms with Crippen molar-refractivity contribution in [1.29, 1.82) is 0 Å². The summed E-state index contributed by atoms with van der Waals surface area (Å²) in [4.78, 5) is 11.1. The van der Waals surface area contributed by atoms with Crippen molar-refractivity contribution in [3.8, 4) is 0 Å². The highest BCUT2D eigenvalue weighted by Crippen LogP contribution is 2.46. The smallest absolute Gasteiger partial charge is 0.455 e. The highest BCUT2D eigenvalue weighted by atomic mass is 16.4. The van der Waals surface area contributed by atoms with Gasteiger partial charge < -0.3 is 15.2 Å². The third kappa shape index (κ3) is 3.07. The molecule has 0 heterocycles. The number of rotatable bonds is 3. The van der Waals surface area contributed by atoms with Gasteiger partial charge in [-0.2, -0.15) is 0 Å². The number of carbonyl (C=O) groups is 1. The van der Waals surface area contributed by atoms with Crippen LogP contribution in [0, 0.1) is 17.8 Å². The molecular formula is C13H23BO4. The highest BCUT2D eigenvalue weighted by Gasteiger charge is 2.40. The topological polar surface area (TPSA) is 77.8 Å². The quantitative estimate of drug-likeness (QED) is 0.672. The van der Waals surface area contributed by atoms with E-state index in [2.05, 4.69) is 0 Å². The lowest BCUT2D eigenvalue weighted by Gasteiger charge is -2.40. The molecule has 2 rings (SSSR count). The van der Waals surface area contributed by atoms with E-state index in [1.807, 2.05) is 0 Å². The van der Waals surface area contributed by atoms with E-state index in [-0.39, 0.29) is 11.7 Å². The zero-order valence-electron chi connectivity index (χ0n) is 10.8. The molecule has 0 aromatic carbocycles. The number of aliphatic carboxylic acids is 1. The minimum absolute atomic E-state index is 0.0451. The molecular weight excluding hydrogens is 231 g/mol. The van der Waals surface area contributed by atoms with Crippen LogP contribution in [-0.4, -0.2) is 28.2 Å². The van der Waals surface area contributed by atoms with Gasteiger partial charge in [0.1, 0.15) is 0 Å². The molecule has 4 nitrogen and oxygen atoms in total. The Labute approximate surface area is 109 Å². The summed E-state index contributed by atoms with van der Waals surface area (Å²) in [6.07, 6.45) is 7.63. The van der Waals surface area contributed by atoms with E-state index in [1.165, 1.54) is 0 Å². The van der Waals surface area contributed by atoms with E-state index < -0.39 is 13.1 Å². The molecule has 0 amide bonds. The van der Waals surface area contributed by atoms with E-state index in [0.717, 1.165) is 51.4 Å². The molecule has 3 N–H and O–H groups in total. The minimum atomic E-state index is -1.24. The largest absolute Gasteiger partial charge is 0.481 e. The summed E-state index contributed by atoms with van der Waals surface area (Å²) >= 11 is 0. The average molecular weight is 254 g/mol. The highest BCUT2D eigenvalue weighted by molar-refractivity contribution is 6.43. The van der Waals surface area contributed by atoms with Crippen LogP contribution in [0.2, 0.25) is 5.82 Å². The summed E-state index contributed by atoms with van der Waals surface area (Å²) in [7, 11) is -1.24. The van der Waals surface area contributed by atoms with Crippen molar-refractivity contribution >= 4 is 13.1 Å². The van der Waals surface area contributed by atoms with Crippen molar-refractivity contribution < 1.29 is 19.9 Å². The zero-order chi connectivity index (χ0) is 13.1. The van der Waals surface area contributed by atoms with Crippen LogP contribution in [0.4, 0.5) is 0 Å². The summed E-state index contributed by atoms with van der Waals surface area (Å²) in [6, 6.07) is 0. The Morgan fingerprint density at radius 3 is 2.39 bits per heavy atom. The summed E-state index contributed by atoms with van der Waals surface area (Å²) in [5, 5.41) is 28.1. The minimum Gasteiger partial charge on any atom is -0.481 e. The van der Waals surface area contributed by atoms with E-state index in [1.54, 1.807) is 0 Å². The van der Waals surface area contributed by atoms with Crippen LogP contribution in [0.1, 0.15) is 51.4 Å². The fourth-order valence-electron chi connectivity index (χ4n) is 3.98. The standard InChI is InChI=1S/C13H23BO4/c15-13(16)10-5-3-4-9(8-10)11-6-1-2-7-12(11)14(17)18/h9-12,17-18H,1-8H2,(H,15,16). The van der Waals surface area contributed by atoms with Crippen LogP contribution in [0.15, 0.2) is 0 Å². The van der Waals surface area contributed by atoms with Crippen LogP contribution >= 0.6 is 0 Å². The van der Waals surface area contributed by atoms with E-state index in [9.17, 15) is 14.8 Å². The summed E-state index contributed by atoms with van der Waals surface area (Å²) in [5.41, 5.74) is 0. The maximum Gasteiger partial charge on any atom is 0.455 e. The van der Waals surface area contributed by atoms with Gasteiger partial charge in [0.05, 0.1) is 5.92 Å². The lowest BCUT2D eigenvalue weighted by Crippen LogP contribution is -2.36. The molecule has 0 aliphatic heterocycles. The predicted octanol–water partition coefficient (Wildman–Crippen LogP) is 1.91. The molecule has 5 heteroatoms. The van der Waals surface area contributed by atoms with Gasteiger partial charge in [-0.05, 0) is 30.5 Å². The van der Waals surface area contributed by atoms with Gasteiger partial charge in [0.25, 0.3) is 0 Å². The Morgan fingerprint density at radius 1 is 1.00 bits per heavy atom. The van der Waals surface area contributed by atoms with Gasteiger partial charge in [0.2, 0.25) is 0 Å². The molecule has 0 aromatic heterocycles. The Kier molecular flexibility index (Phi) is 4.68. The first-order valence-electron chi connectivity index (χ1n) is 7.18. The molecule has 2 aliphatic carbocycles. The van der Waals surface area contributed by atoms with Gasteiger partial charge >= 0.3 is 13.1 Å². The number of hydrogen-bond donors (Lipinski definition) is 3. The van der Waals surface area contributed by atoms with Crippen LogP contribution in [0.25, 0.3) is 0 Å². The molecule has 0 saturated heterocycles. The molecule has 2 fully saturated rings. The summed E-state index contributed by atoms with van der Waals surface area (Å²) in [6.45, 7) is 0. The van der Waals surface area contributed by atoms with Crippen molar-refractivity contribution in [2.75, 3.05) is 0 Å². The maximum atomic E-state index is 11.1. The third-order valence-electron chi connectivity index (χ3n) is 4.93. The fourth-order valence-corrected chi connectivity index (χ4v) is 3.98. The Bertz CT molecular complexity index is 295. The Balaban J connectivity index is 2.01. The number of carboxylic acids is 1. The van der Waals surface area contributed by atoms with Gasteiger partial charge in [-0.15, -0.1) is 0 Å². The van der Waals surface area contributed by atoms with E-state index >= 15 is 0 Å². The SMILES string of the molecule is O=C(O)C1CCCC(C2CCCCC2B(O)O)C1. The van der Waals surface area contributed by atoms with E-state index in [0.29, 0.717) is 11.8 Å². The monoisotopic (exact) mass is 254 g/mol. The third-order valence-corrected chi connectivity index (χ3v) is 4.93. The molecule has 0 radical (unpaired) electrons. The fraction of sp³-hybridized carbons (Fsp3) is 0.923. The van der Waals surface area contributed by atoms with Crippen molar-refractivity contribution in [2.45, 2.75) is 57.2 Å². The van der Waals surface area contributed by atoms with Crippen molar-refractivity contribution in [3.63, 3.8) is 0 Å². The van der Waals surface area contributed by atoms with Crippen LogP contribution in [-0.2, 0) is 4.79 Å². The van der Waals surface area contributed by atoms with Crippen molar-refractivity contribution in [3.05, 3.63) is 0 Å². The zero-order valence-corrected chi connectivity index (χ0v) is 10.8. The molecule has 18 heavy (non-hydrogen) atoms. The first kappa shape index (κ1) is 13.9. The van der Waals surface area contributed by atoms with Gasteiger partial charge in [-0.1, -0.05) is 38.5 Å². The van der Waals surface area contributed by atoms with Crippen LogP contribution in [0.3, 0.4) is 0 Å². The normalized spacial score (nSPS) is 37.2. The van der Waals surface area contributed by atoms with Gasteiger partial charge in [0, 0.05) is 0 Å². The van der Waals surface area contributed by atoms with Gasteiger partial charge in [-0.3, -0.25) is 4.79 Å². The molecule has 0 spiro atoms. The molecule has 4 atom stereocenters. The molecule has 0 aromatic rings.